The number of hydrogen-bond donors (Lipinski definition) is 2. The number of carbonyl (C=O) groups is 1. The molecule has 0 atom stereocenters. The van der Waals surface area contributed by atoms with Crippen molar-refractivity contribution in [2.45, 2.75) is 39.0 Å². The van der Waals surface area contributed by atoms with Gasteiger partial charge in [0.2, 0.25) is 5.82 Å². The molecule has 3 rings (SSSR count). The molecule has 7 heteroatoms. The Bertz CT molecular complexity index is 594. The zero-order chi connectivity index (χ0) is 13.4. The first kappa shape index (κ1) is 12.3. The van der Waals surface area contributed by atoms with Crippen LogP contribution in [0.2, 0.25) is 0 Å². The second-order valence-electron chi connectivity index (χ2n) is 4.90. The summed E-state index contributed by atoms with van der Waals surface area (Å²) in [7, 11) is 0. The lowest BCUT2D eigenvalue weighted by Gasteiger charge is -1.97. The van der Waals surface area contributed by atoms with Crippen molar-refractivity contribution >= 4 is 22.4 Å². The molecule has 0 unspecified atom stereocenters. The van der Waals surface area contributed by atoms with Crippen LogP contribution in [0.3, 0.4) is 0 Å². The van der Waals surface area contributed by atoms with Crippen LogP contribution in [-0.4, -0.2) is 26.1 Å². The first-order valence-electron chi connectivity index (χ1n) is 6.35. The van der Waals surface area contributed by atoms with E-state index in [1.807, 2.05) is 13.8 Å². The van der Waals surface area contributed by atoms with Crippen LogP contribution >= 0.6 is 11.3 Å². The third-order valence-corrected chi connectivity index (χ3v) is 4.14. The van der Waals surface area contributed by atoms with Gasteiger partial charge in [0.05, 0.1) is 5.69 Å². The second kappa shape index (κ2) is 4.73. The zero-order valence-corrected chi connectivity index (χ0v) is 11.7. The summed E-state index contributed by atoms with van der Waals surface area (Å²) in [6.45, 7) is 3.99. The van der Waals surface area contributed by atoms with Gasteiger partial charge in [0.25, 0.3) is 5.91 Å². The number of nitrogens with zero attached hydrogens (tertiary/aromatic N) is 3. The summed E-state index contributed by atoms with van der Waals surface area (Å²) >= 11 is 1.55. The molecule has 6 nitrogen and oxygen atoms in total. The van der Waals surface area contributed by atoms with Crippen molar-refractivity contribution in [2.24, 2.45) is 0 Å². The lowest BCUT2D eigenvalue weighted by molar-refractivity contribution is 0.101. The molecule has 2 heterocycles. The van der Waals surface area contributed by atoms with E-state index in [1.54, 1.807) is 11.3 Å². The number of anilines is 1. The van der Waals surface area contributed by atoms with Gasteiger partial charge in [0, 0.05) is 10.8 Å². The maximum Gasteiger partial charge on any atom is 0.297 e. The van der Waals surface area contributed by atoms with Crippen LogP contribution in [0.25, 0.3) is 0 Å². The number of rotatable bonds is 3. The Hall–Kier alpha value is -1.76. The van der Waals surface area contributed by atoms with Crippen molar-refractivity contribution in [3.63, 3.8) is 0 Å². The number of amides is 1. The average molecular weight is 277 g/mol. The maximum atomic E-state index is 12.0. The van der Waals surface area contributed by atoms with Gasteiger partial charge in [-0.15, -0.1) is 16.4 Å². The summed E-state index contributed by atoms with van der Waals surface area (Å²) < 4.78 is 0. The van der Waals surface area contributed by atoms with E-state index >= 15 is 0 Å². The molecule has 1 amide bonds. The zero-order valence-electron chi connectivity index (χ0n) is 10.9. The normalized spacial score (nSPS) is 13.8. The van der Waals surface area contributed by atoms with Crippen LogP contribution in [0.1, 0.15) is 53.2 Å². The van der Waals surface area contributed by atoms with E-state index in [-0.39, 0.29) is 17.6 Å². The predicted molar refractivity (Wildman–Crippen MR) is 72.6 cm³/mol. The molecule has 0 saturated carbocycles. The van der Waals surface area contributed by atoms with Crippen molar-refractivity contribution < 1.29 is 4.79 Å². The average Bonchev–Trinajstić information content (AvgIpc) is 3.02. The fourth-order valence-corrected chi connectivity index (χ4v) is 3.08. The minimum Gasteiger partial charge on any atom is -0.295 e. The fraction of sp³-hybridized carbons (Fsp3) is 0.500. The summed E-state index contributed by atoms with van der Waals surface area (Å²) in [4.78, 5) is 21.9. The van der Waals surface area contributed by atoms with Gasteiger partial charge in [0.15, 0.2) is 5.13 Å². The van der Waals surface area contributed by atoms with E-state index in [0.29, 0.717) is 11.0 Å². The van der Waals surface area contributed by atoms with Gasteiger partial charge in [-0.05, 0) is 19.3 Å². The predicted octanol–water partition coefficient (Wildman–Crippen LogP) is 2.13. The largest absolute Gasteiger partial charge is 0.297 e. The molecule has 100 valence electrons. The molecule has 0 spiro atoms. The molecular formula is C12H15N5OS. The lowest BCUT2D eigenvalue weighted by Crippen LogP contribution is -2.13. The van der Waals surface area contributed by atoms with E-state index < -0.39 is 0 Å². The molecule has 2 N–H and O–H groups in total. The second-order valence-corrected chi connectivity index (χ2v) is 5.98. The molecule has 0 saturated heterocycles. The monoisotopic (exact) mass is 277 g/mol. The molecular weight excluding hydrogens is 262 g/mol. The summed E-state index contributed by atoms with van der Waals surface area (Å²) in [6, 6.07) is 0. The maximum absolute atomic E-state index is 12.0. The van der Waals surface area contributed by atoms with E-state index in [1.165, 1.54) is 11.3 Å². The molecule has 1 aliphatic carbocycles. The van der Waals surface area contributed by atoms with Crippen LogP contribution in [0.4, 0.5) is 5.13 Å². The molecule has 19 heavy (non-hydrogen) atoms. The van der Waals surface area contributed by atoms with Crippen LogP contribution in [-0.2, 0) is 12.8 Å². The van der Waals surface area contributed by atoms with E-state index in [9.17, 15) is 4.79 Å². The smallest absolute Gasteiger partial charge is 0.295 e. The number of aryl methyl sites for hydroxylation is 2. The molecule has 0 bridgehead atoms. The van der Waals surface area contributed by atoms with Crippen molar-refractivity contribution in [3.8, 4) is 0 Å². The Morgan fingerprint density at radius 2 is 2.21 bits per heavy atom. The van der Waals surface area contributed by atoms with Crippen molar-refractivity contribution in [1.82, 2.24) is 20.2 Å². The fourth-order valence-electron chi connectivity index (χ4n) is 2.03. The highest BCUT2D eigenvalue weighted by Gasteiger charge is 2.20. The first-order chi connectivity index (χ1) is 9.13. The minimum atomic E-state index is -0.310. The van der Waals surface area contributed by atoms with Crippen molar-refractivity contribution in [2.75, 3.05) is 5.32 Å². The van der Waals surface area contributed by atoms with Gasteiger partial charge in [-0.25, -0.2) is 9.97 Å². The quantitative estimate of drug-likeness (QED) is 0.900. The molecule has 0 aromatic carbocycles. The Morgan fingerprint density at radius 1 is 1.37 bits per heavy atom. The van der Waals surface area contributed by atoms with Crippen molar-refractivity contribution in [1.29, 1.82) is 0 Å². The highest BCUT2D eigenvalue weighted by molar-refractivity contribution is 7.15. The number of nitrogens with one attached hydrogen (secondary N) is 2. The molecule has 1 aliphatic rings. The number of carbonyl (C=O) groups excluding carboxylic acids is 1. The summed E-state index contributed by atoms with van der Waals surface area (Å²) in [5.74, 6) is 0.791. The number of aromatic amines is 1. The van der Waals surface area contributed by atoms with E-state index in [4.69, 9.17) is 0 Å². The van der Waals surface area contributed by atoms with Gasteiger partial charge in [-0.3, -0.25) is 15.2 Å². The summed E-state index contributed by atoms with van der Waals surface area (Å²) in [5.41, 5.74) is 1.12. The third-order valence-electron chi connectivity index (χ3n) is 3.07. The molecule has 0 radical (unpaired) electrons. The van der Waals surface area contributed by atoms with Crippen LogP contribution < -0.4 is 5.32 Å². The van der Waals surface area contributed by atoms with Crippen molar-refractivity contribution in [3.05, 3.63) is 22.2 Å². The molecule has 2 aromatic rings. The van der Waals surface area contributed by atoms with Gasteiger partial charge in [0.1, 0.15) is 5.82 Å². The summed E-state index contributed by atoms with van der Waals surface area (Å²) in [6.07, 6.45) is 3.25. The Labute approximate surface area is 114 Å². The third kappa shape index (κ3) is 2.37. The Balaban J connectivity index is 1.73. The van der Waals surface area contributed by atoms with Crippen LogP contribution in [0.15, 0.2) is 0 Å². The number of fused-ring (bicyclic) bond motifs is 1. The van der Waals surface area contributed by atoms with Gasteiger partial charge in [-0.2, -0.15) is 0 Å². The topological polar surface area (TPSA) is 83.6 Å². The first-order valence-corrected chi connectivity index (χ1v) is 7.17. The SMILES string of the molecule is CC(C)c1nc(C(=O)Nc2nc3c(s2)CCC3)n[nH]1. The lowest BCUT2D eigenvalue weighted by atomic mass is 10.2. The highest BCUT2D eigenvalue weighted by atomic mass is 32.1. The minimum absolute atomic E-state index is 0.166. The Morgan fingerprint density at radius 3 is 2.89 bits per heavy atom. The van der Waals surface area contributed by atoms with Gasteiger partial charge >= 0.3 is 0 Å². The van der Waals surface area contributed by atoms with E-state index in [2.05, 4.69) is 25.5 Å². The molecule has 0 fully saturated rings. The van der Waals surface area contributed by atoms with Crippen LogP contribution in [0.5, 0.6) is 0 Å². The molecule has 0 aliphatic heterocycles. The van der Waals surface area contributed by atoms with Crippen LogP contribution in [0, 0.1) is 0 Å². The number of hydrogen-bond acceptors (Lipinski definition) is 5. The molecule has 2 aromatic heterocycles. The standard InChI is InChI=1S/C12H15N5OS/c1-6(2)9-14-10(17-16-9)11(18)15-12-13-7-4-3-5-8(7)19-12/h6H,3-5H2,1-2H3,(H,13,15,18)(H,14,16,17). The number of aromatic nitrogens is 4. The number of thiazole rings is 1. The van der Waals surface area contributed by atoms with Gasteiger partial charge in [-0.1, -0.05) is 13.8 Å². The Kier molecular flexibility index (Phi) is 3.06. The number of H-pyrrole nitrogens is 1. The van der Waals surface area contributed by atoms with Gasteiger partial charge < -0.3 is 0 Å². The summed E-state index contributed by atoms with van der Waals surface area (Å²) in [5, 5.41) is 10.1. The van der Waals surface area contributed by atoms with E-state index in [0.717, 1.165) is 18.5 Å². The highest BCUT2D eigenvalue weighted by Crippen LogP contribution is 2.30.